The molecule has 116 valence electrons. The zero-order chi connectivity index (χ0) is 15.1. The Kier molecular flexibility index (Phi) is 6.02. The molecule has 5 nitrogen and oxygen atoms in total. The molecule has 1 aliphatic rings. The molecular weight excluding hydrogens is 266 g/mol. The standard InChI is InChI=1S/C16H25N3O2/c1-12(18-10-11-21-15-4-2-3-5-15)13-6-8-14(9-7-13)19-16(17)20/h6-9,12,15,18H,2-5,10-11H2,1H3,(H3,17,19,20). The maximum atomic E-state index is 10.8. The van der Waals surface area contributed by atoms with E-state index in [1.54, 1.807) is 0 Å². The molecule has 0 aromatic heterocycles. The zero-order valence-corrected chi connectivity index (χ0v) is 12.6. The zero-order valence-electron chi connectivity index (χ0n) is 12.6. The first-order chi connectivity index (χ1) is 10.1. The number of carbonyl (C=O) groups excluding carboxylic acids is 1. The number of anilines is 1. The molecule has 0 bridgehead atoms. The maximum Gasteiger partial charge on any atom is 0.316 e. The van der Waals surface area contributed by atoms with Crippen LogP contribution >= 0.6 is 0 Å². The van der Waals surface area contributed by atoms with Crippen LogP contribution in [0.25, 0.3) is 0 Å². The monoisotopic (exact) mass is 291 g/mol. The van der Waals surface area contributed by atoms with Gasteiger partial charge in [0.2, 0.25) is 0 Å². The summed E-state index contributed by atoms with van der Waals surface area (Å²) in [5.74, 6) is 0. The van der Waals surface area contributed by atoms with E-state index in [-0.39, 0.29) is 6.04 Å². The number of ether oxygens (including phenoxy) is 1. The Bertz CT molecular complexity index is 441. The molecule has 1 unspecified atom stereocenters. The van der Waals surface area contributed by atoms with Gasteiger partial charge in [-0.2, -0.15) is 0 Å². The number of amides is 2. The lowest BCUT2D eigenvalue weighted by Gasteiger charge is -2.16. The molecule has 0 heterocycles. The molecule has 2 amide bonds. The van der Waals surface area contributed by atoms with Crippen LogP contribution < -0.4 is 16.4 Å². The molecule has 4 N–H and O–H groups in total. The van der Waals surface area contributed by atoms with Crippen molar-refractivity contribution in [1.82, 2.24) is 5.32 Å². The Hall–Kier alpha value is -1.59. The van der Waals surface area contributed by atoms with Crippen LogP contribution in [0.5, 0.6) is 0 Å². The van der Waals surface area contributed by atoms with E-state index in [4.69, 9.17) is 10.5 Å². The lowest BCUT2D eigenvalue weighted by Crippen LogP contribution is -2.25. The highest BCUT2D eigenvalue weighted by Crippen LogP contribution is 2.20. The number of hydrogen-bond donors (Lipinski definition) is 3. The van der Waals surface area contributed by atoms with Crippen molar-refractivity contribution in [1.29, 1.82) is 0 Å². The van der Waals surface area contributed by atoms with Gasteiger partial charge in [-0.25, -0.2) is 4.79 Å². The summed E-state index contributed by atoms with van der Waals surface area (Å²) in [4.78, 5) is 10.8. The fraction of sp³-hybridized carbons (Fsp3) is 0.562. The summed E-state index contributed by atoms with van der Waals surface area (Å²) in [5, 5.41) is 6.00. The van der Waals surface area contributed by atoms with Crippen molar-refractivity contribution < 1.29 is 9.53 Å². The van der Waals surface area contributed by atoms with Crippen molar-refractivity contribution in [3.8, 4) is 0 Å². The summed E-state index contributed by atoms with van der Waals surface area (Å²) in [6.45, 7) is 3.72. The van der Waals surface area contributed by atoms with Gasteiger partial charge in [0.1, 0.15) is 0 Å². The van der Waals surface area contributed by atoms with E-state index in [1.807, 2.05) is 24.3 Å². The quantitative estimate of drug-likeness (QED) is 0.676. The number of primary amides is 1. The van der Waals surface area contributed by atoms with Crippen LogP contribution in [0.2, 0.25) is 0 Å². The molecule has 0 radical (unpaired) electrons. The van der Waals surface area contributed by atoms with E-state index < -0.39 is 6.03 Å². The average Bonchev–Trinajstić information content (AvgIpc) is 2.97. The predicted octanol–water partition coefficient (Wildman–Crippen LogP) is 2.79. The Balaban J connectivity index is 1.69. The van der Waals surface area contributed by atoms with E-state index in [1.165, 1.54) is 31.2 Å². The summed E-state index contributed by atoms with van der Waals surface area (Å²) in [7, 11) is 0. The molecule has 1 aliphatic carbocycles. The molecular formula is C16H25N3O2. The predicted molar refractivity (Wildman–Crippen MR) is 84.3 cm³/mol. The van der Waals surface area contributed by atoms with Crippen LogP contribution in [0.1, 0.15) is 44.2 Å². The SMILES string of the molecule is CC(NCCOC1CCCC1)c1ccc(NC(N)=O)cc1. The molecule has 0 aliphatic heterocycles. The van der Waals surface area contributed by atoms with Gasteiger partial charge in [0.05, 0.1) is 12.7 Å². The second-order valence-corrected chi connectivity index (χ2v) is 5.56. The van der Waals surface area contributed by atoms with Crippen LogP contribution in [0.4, 0.5) is 10.5 Å². The minimum Gasteiger partial charge on any atom is -0.377 e. The van der Waals surface area contributed by atoms with E-state index in [0.29, 0.717) is 11.8 Å². The van der Waals surface area contributed by atoms with E-state index in [9.17, 15) is 4.79 Å². The molecule has 1 aromatic rings. The third-order valence-electron chi connectivity index (χ3n) is 3.89. The number of benzene rings is 1. The molecule has 21 heavy (non-hydrogen) atoms. The Morgan fingerprint density at radius 3 is 2.62 bits per heavy atom. The van der Waals surface area contributed by atoms with Gasteiger partial charge in [0.15, 0.2) is 0 Å². The fourth-order valence-electron chi connectivity index (χ4n) is 2.67. The number of rotatable bonds is 7. The van der Waals surface area contributed by atoms with E-state index >= 15 is 0 Å². The van der Waals surface area contributed by atoms with E-state index in [0.717, 1.165) is 13.2 Å². The third-order valence-corrected chi connectivity index (χ3v) is 3.89. The maximum absolute atomic E-state index is 10.8. The Labute approximate surface area is 126 Å². The van der Waals surface area contributed by atoms with Crippen molar-refractivity contribution in [2.24, 2.45) is 5.73 Å². The molecule has 1 saturated carbocycles. The summed E-state index contributed by atoms with van der Waals surface area (Å²) < 4.78 is 5.83. The van der Waals surface area contributed by atoms with Gasteiger partial charge in [-0.05, 0) is 37.5 Å². The Morgan fingerprint density at radius 2 is 2.00 bits per heavy atom. The number of carbonyl (C=O) groups is 1. The minimum absolute atomic E-state index is 0.250. The van der Waals surface area contributed by atoms with Gasteiger partial charge in [-0.1, -0.05) is 25.0 Å². The summed E-state index contributed by atoms with van der Waals surface area (Å²) in [6, 6.07) is 7.39. The first-order valence-corrected chi connectivity index (χ1v) is 7.66. The minimum atomic E-state index is -0.544. The average molecular weight is 291 g/mol. The van der Waals surface area contributed by atoms with Gasteiger partial charge >= 0.3 is 6.03 Å². The number of nitrogens with one attached hydrogen (secondary N) is 2. The van der Waals surface area contributed by atoms with Crippen LogP contribution in [0, 0.1) is 0 Å². The van der Waals surface area contributed by atoms with Crippen LogP contribution in [-0.4, -0.2) is 25.3 Å². The van der Waals surface area contributed by atoms with Crippen LogP contribution in [-0.2, 0) is 4.74 Å². The third kappa shape index (κ3) is 5.36. The highest BCUT2D eigenvalue weighted by atomic mass is 16.5. The van der Waals surface area contributed by atoms with Gasteiger partial charge < -0.3 is 21.1 Å². The number of hydrogen-bond acceptors (Lipinski definition) is 3. The first-order valence-electron chi connectivity index (χ1n) is 7.66. The second kappa shape index (κ2) is 8.00. The summed E-state index contributed by atoms with van der Waals surface area (Å²) in [6.07, 6.45) is 5.51. The van der Waals surface area contributed by atoms with Crippen molar-refractivity contribution in [3.63, 3.8) is 0 Å². The normalized spacial score (nSPS) is 16.8. The molecule has 1 fully saturated rings. The van der Waals surface area contributed by atoms with Gasteiger partial charge in [0.25, 0.3) is 0 Å². The Morgan fingerprint density at radius 1 is 1.33 bits per heavy atom. The van der Waals surface area contributed by atoms with Gasteiger partial charge in [-0.3, -0.25) is 0 Å². The number of urea groups is 1. The molecule has 1 atom stereocenters. The van der Waals surface area contributed by atoms with Crippen LogP contribution in [0.15, 0.2) is 24.3 Å². The second-order valence-electron chi connectivity index (χ2n) is 5.56. The highest BCUT2D eigenvalue weighted by Gasteiger charge is 2.14. The van der Waals surface area contributed by atoms with Gasteiger partial charge in [-0.15, -0.1) is 0 Å². The summed E-state index contributed by atoms with van der Waals surface area (Å²) >= 11 is 0. The van der Waals surface area contributed by atoms with Crippen molar-refractivity contribution >= 4 is 11.7 Å². The molecule has 1 aromatic carbocycles. The fourth-order valence-corrected chi connectivity index (χ4v) is 2.67. The van der Waals surface area contributed by atoms with Crippen molar-refractivity contribution in [2.45, 2.75) is 44.8 Å². The molecule has 2 rings (SSSR count). The molecule has 0 spiro atoms. The molecule has 5 heteroatoms. The van der Waals surface area contributed by atoms with Crippen molar-refractivity contribution in [2.75, 3.05) is 18.5 Å². The topological polar surface area (TPSA) is 76.4 Å². The number of nitrogens with two attached hydrogens (primary N) is 1. The van der Waals surface area contributed by atoms with Crippen LogP contribution in [0.3, 0.4) is 0 Å². The van der Waals surface area contributed by atoms with Gasteiger partial charge in [0, 0.05) is 18.3 Å². The highest BCUT2D eigenvalue weighted by molar-refractivity contribution is 5.87. The first kappa shape index (κ1) is 15.8. The smallest absolute Gasteiger partial charge is 0.316 e. The van der Waals surface area contributed by atoms with Crippen molar-refractivity contribution in [3.05, 3.63) is 29.8 Å². The van der Waals surface area contributed by atoms with E-state index in [2.05, 4.69) is 17.6 Å². The summed E-state index contributed by atoms with van der Waals surface area (Å²) in [5.41, 5.74) is 6.96. The largest absolute Gasteiger partial charge is 0.377 e. The lowest BCUT2D eigenvalue weighted by atomic mass is 10.1. The lowest BCUT2D eigenvalue weighted by molar-refractivity contribution is 0.0593. The molecule has 0 saturated heterocycles.